The number of hydrogen-bond donors (Lipinski definition) is 0. The van der Waals surface area contributed by atoms with Crippen molar-refractivity contribution in [2.75, 3.05) is 44.3 Å². The molecule has 1 aromatic carbocycles. The van der Waals surface area contributed by atoms with Crippen molar-refractivity contribution in [3.05, 3.63) is 34.9 Å². The van der Waals surface area contributed by atoms with Crippen molar-refractivity contribution in [1.82, 2.24) is 14.5 Å². The first kappa shape index (κ1) is 18.0. The predicted octanol–water partition coefficient (Wildman–Crippen LogP) is 1.66. The van der Waals surface area contributed by atoms with E-state index in [0.717, 1.165) is 43.8 Å². The zero-order chi connectivity index (χ0) is 19.0. The molecule has 3 heterocycles. The molecule has 0 bridgehead atoms. The van der Waals surface area contributed by atoms with E-state index in [-0.39, 0.29) is 23.4 Å². The highest BCUT2D eigenvalue weighted by Gasteiger charge is 2.30. The van der Waals surface area contributed by atoms with Crippen LogP contribution in [0.25, 0.3) is 10.9 Å². The van der Waals surface area contributed by atoms with E-state index in [4.69, 9.17) is 4.74 Å². The van der Waals surface area contributed by atoms with E-state index in [1.807, 2.05) is 36.9 Å². The number of benzene rings is 1. The Hall–Kier alpha value is -2.41. The predicted molar refractivity (Wildman–Crippen MR) is 104 cm³/mol. The van der Waals surface area contributed by atoms with E-state index in [2.05, 4.69) is 9.88 Å². The standard InChI is InChI=1S/C20H26N4O3/c1-14(2)24-13-21-18-11-16(3-4-17(18)20(24)26)22-6-8-23(9-7-22)19(25)15-5-10-27-12-15/h3-4,11,13-15H,5-10,12H2,1-2H3. The van der Waals surface area contributed by atoms with Gasteiger partial charge in [0.1, 0.15) is 0 Å². The van der Waals surface area contributed by atoms with Gasteiger partial charge in [-0.05, 0) is 38.5 Å². The number of ether oxygens (including phenoxy) is 1. The van der Waals surface area contributed by atoms with Gasteiger partial charge in [-0.15, -0.1) is 0 Å². The lowest BCUT2D eigenvalue weighted by Gasteiger charge is -2.37. The molecule has 2 aliphatic rings. The molecule has 1 atom stereocenters. The summed E-state index contributed by atoms with van der Waals surface area (Å²) in [5, 5.41) is 0.644. The fourth-order valence-electron chi connectivity index (χ4n) is 3.86. The maximum atomic E-state index is 12.6. The third kappa shape index (κ3) is 3.43. The highest BCUT2D eigenvalue weighted by atomic mass is 16.5. The fourth-order valence-corrected chi connectivity index (χ4v) is 3.86. The van der Waals surface area contributed by atoms with Crippen LogP contribution in [0.5, 0.6) is 0 Å². The molecule has 1 unspecified atom stereocenters. The van der Waals surface area contributed by atoms with E-state index in [1.54, 1.807) is 10.9 Å². The third-order valence-electron chi connectivity index (χ3n) is 5.56. The molecule has 2 saturated heterocycles. The van der Waals surface area contributed by atoms with Gasteiger partial charge in [0.05, 0.1) is 29.8 Å². The SMILES string of the molecule is CC(C)n1cnc2cc(N3CCN(C(=O)C4CCOC4)CC3)ccc2c1=O. The second kappa shape index (κ2) is 7.31. The molecule has 1 aromatic heterocycles. The number of fused-ring (bicyclic) bond motifs is 1. The van der Waals surface area contributed by atoms with Gasteiger partial charge in [0.25, 0.3) is 5.56 Å². The van der Waals surface area contributed by atoms with Crippen LogP contribution in [0.15, 0.2) is 29.3 Å². The Labute approximate surface area is 158 Å². The van der Waals surface area contributed by atoms with Gasteiger partial charge in [-0.1, -0.05) is 0 Å². The van der Waals surface area contributed by atoms with Crippen LogP contribution in [0.3, 0.4) is 0 Å². The van der Waals surface area contributed by atoms with E-state index in [1.165, 1.54) is 0 Å². The average molecular weight is 370 g/mol. The van der Waals surface area contributed by atoms with Gasteiger partial charge in [-0.3, -0.25) is 14.2 Å². The van der Waals surface area contributed by atoms with Crippen LogP contribution in [0, 0.1) is 5.92 Å². The Morgan fingerprint density at radius 1 is 1.22 bits per heavy atom. The fraction of sp³-hybridized carbons (Fsp3) is 0.550. The first-order chi connectivity index (χ1) is 13.0. The molecular weight excluding hydrogens is 344 g/mol. The number of anilines is 1. The molecule has 7 nitrogen and oxygen atoms in total. The molecule has 144 valence electrons. The first-order valence-corrected chi connectivity index (χ1v) is 9.67. The van der Waals surface area contributed by atoms with Crippen molar-refractivity contribution < 1.29 is 9.53 Å². The molecule has 4 rings (SSSR count). The van der Waals surface area contributed by atoms with Crippen LogP contribution in [-0.2, 0) is 9.53 Å². The molecule has 0 spiro atoms. The highest BCUT2D eigenvalue weighted by Crippen LogP contribution is 2.22. The van der Waals surface area contributed by atoms with Gasteiger partial charge in [-0.2, -0.15) is 0 Å². The maximum absolute atomic E-state index is 12.6. The summed E-state index contributed by atoms with van der Waals surface area (Å²) >= 11 is 0. The number of piperazine rings is 1. The Kier molecular flexibility index (Phi) is 4.86. The molecule has 0 radical (unpaired) electrons. The molecule has 0 N–H and O–H groups in total. The molecule has 27 heavy (non-hydrogen) atoms. The number of nitrogens with zero attached hydrogens (tertiary/aromatic N) is 4. The highest BCUT2D eigenvalue weighted by molar-refractivity contribution is 5.82. The van der Waals surface area contributed by atoms with Gasteiger partial charge < -0.3 is 14.5 Å². The summed E-state index contributed by atoms with van der Waals surface area (Å²) in [6.07, 6.45) is 2.46. The molecule has 2 aliphatic heterocycles. The van der Waals surface area contributed by atoms with Crippen molar-refractivity contribution in [2.24, 2.45) is 5.92 Å². The van der Waals surface area contributed by atoms with Crippen molar-refractivity contribution in [2.45, 2.75) is 26.3 Å². The number of amides is 1. The van der Waals surface area contributed by atoms with Crippen LogP contribution < -0.4 is 10.5 Å². The minimum absolute atomic E-state index is 0.00394. The van der Waals surface area contributed by atoms with E-state index < -0.39 is 0 Å². The van der Waals surface area contributed by atoms with Crippen LogP contribution in [-0.4, -0.2) is 59.8 Å². The number of hydrogen-bond acceptors (Lipinski definition) is 5. The lowest BCUT2D eigenvalue weighted by atomic mass is 10.1. The summed E-state index contributed by atoms with van der Waals surface area (Å²) in [6.45, 7) is 8.21. The van der Waals surface area contributed by atoms with Gasteiger partial charge in [0, 0.05) is 44.5 Å². The Bertz CT molecular complexity index is 894. The van der Waals surface area contributed by atoms with E-state index in [9.17, 15) is 9.59 Å². The number of carbonyl (C=O) groups is 1. The zero-order valence-corrected chi connectivity index (χ0v) is 15.9. The largest absolute Gasteiger partial charge is 0.381 e. The minimum Gasteiger partial charge on any atom is -0.381 e. The second-order valence-corrected chi connectivity index (χ2v) is 7.63. The lowest BCUT2D eigenvalue weighted by molar-refractivity contribution is -0.135. The van der Waals surface area contributed by atoms with Gasteiger partial charge in [0.15, 0.2) is 0 Å². The van der Waals surface area contributed by atoms with Crippen LogP contribution in [0.4, 0.5) is 5.69 Å². The summed E-state index contributed by atoms with van der Waals surface area (Å²) < 4.78 is 6.99. The van der Waals surface area contributed by atoms with Crippen molar-refractivity contribution in [1.29, 1.82) is 0 Å². The average Bonchev–Trinajstić information content (AvgIpc) is 3.22. The first-order valence-electron chi connectivity index (χ1n) is 9.67. The maximum Gasteiger partial charge on any atom is 0.261 e. The Balaban J connectivity index is 1.48. The van der Waals surface area contributed by atoms with Crippen molar-refractivity contribution in [3.8, 4) is 0 Å². The lowest BCUT2D eigenvalue weighted by Crippen LogP contribution is -2.50. The zero-order valence-electron chi connectivity index (χ0n) is 15.9. The minimum atomic E-state index is -0.00394. The normalized spacial score (nSPS) is 20.6. The third-order valence-corrected chi connectivity index (χ3v) is 5.56. The van der Waals surface area contributed by atoms with Gasteiger partial charge in [-0.25, -0.2) is 4.98 Å². The molecule has 2 aromatic rings. The molecule has 2 fully saturated rings. The van der Waals surface area contributed by atoms with E-state index in [0.29, 0.717) is 18.6 Å². The van der Waals surface area contributed by atoms with Crippen LogP contribution in [0.2, 0.25) is 0 Å². The smallest absolute Gasteiger partial charge is 0.261 e. The number of rotatable bonds is 3. The molecule has 1 amide bonds. The van der Waals surface area contributed by atoms with Gasteiger partial charge >= 0.3 is 0 Å². The second-order valence-electron chi connectivity index (χ2n) is 7.63. The monoisotopic (exact) mass is 370 g/mol. The van der Waals surface area contributed by atoms with Gasteiger partial charge in [0.2, 0.25) is 5.91 Å². The van der Waals surface area contributed by atoms with Crippen molar-refractivity contribution >= 4 is 22.5 Å². The summed E-state index contributed by atoms with van der Waals surface area (Å²) in [7, 11) is 0. The Morgan fingerprint density at radius 2 is 2.00 bits per heavy atom. The quantitative estimate of drug-likeness (QED) is 0.822. The number of aromatic nitrogens is 2. The van der Waals surface area contributed by atoms with Crippen LogP contribution in [0.1, 0.15) is 26.3 Å². The summed E-state index contributed by atoms with van der Waals surface area (Å²) in [5.41, 5.74) is 1.76. The van der Waals surface area contributed by atoms with E-state index >= 15 is 0 Å². The summed E-state index contributed by atoms with van der Waals surface area (Å²) in [4.78, 5) is 33.8. The Morgan fingerprint density at radius 3 is 2.67 bits per heavy atom. The summed E-state index contributed by atoms with van der Waals surface area (Å²) in [5.74, 6) is 0.256. The topological polar surface area (TPSA) is 67.7 Å². The molecule has 0 saturated carbocycles. The molecule has 0 aliphatic carbocycles. The summed E-state index contributed by atoms with van der Waals surface area (Å²) in [6, 6.07) is 5.92. The molecule has 7 heteroatoms. The van der Waals surface area contributed by atoms with Crippen LogP contribution >= 0.6 is 0 Å². The van der Waals surface area contributed by atoms with Crippen molar-refractivity contribution in [3.63, 3.8) is 0 Å². The number of carbonyl (C=O) groups excluding carboxylic acids is 1. The molecular formula is C20H26N4O3.